The Balaban J connectivity index is 3.05. The average Bonchev–Trinajstić information content (AvgIpc) is 2.12. The lowest BCUT2D eigenvalue weighted by molar-refractivity contribution is 0.378. The van der Waals surface area contributed by atoms with Gasteiger partial charge in [0.1, 0.15) is 6.33 Å². The number of hydrogen-bond acceptors (Lipinski definition) is 2. The van der Waals surface area contributed by atoms with E-state index in [4.69, 9.17) is 0 Å². The lowest BCUT2D eigenvalue weighted by atomic mass is 10.2. The molecule has 0 aliphatic rings. The number of halogens is 1. The van der Waals surface area contributed by atoms with Gasteiger partial charge in [0.25, 0.3) is 5.56 Å². The number of fused-ring (bicyclic) bond motifs is 1. The van der Waals surface area contributed by atoms with Crippen LogP contribution in [0.5, 0.6) is 0 Å². The second kappa shape index (κ2) is 2.41. The Hall–Kier alpha value is -1.71. The molecule has 2 rings (SSSR count). The van der Waals surface area contributed by atoms with Gasteiger partial charge in [0.15, 0.2) is 0 Å². The Morgan fingerprint density at radius 2 is 2.08 bits per heavy atom. The fraction of sp³-hybridized carbons (Fsp3) is 0. The molecule has 0 saturated heterocycles. The standard InChI is InChI=1S/C8H5FN2O/c9-11-5-10-8(12)6-3-1-2-4-7(6)11/h1-5H. The summed E-state index contributed by atoms with van der Waals surface area (Å²) in [4.78, 5) is 14.7. The highest BCUT2D eigenvalue weighted by molar-refractivity contribution is 5.77. The van der Waals surface area contributed by atoms with Crippen molar-refractivity contribution in [2.24, 2.45) is 0 Å². The van der Waals surface area contributed by atoms with Crippen molar-refractivity contribution in [3.63, 3.8) is 0 Å². The largest absolute Gasteiger partial charge is 0.280 e. The number of para-hydroxylation sites is 1. The van der Waals surface area contributed by atoms with Crippen molar-refractivity contribution in [2.45, 2.75) is 0 Å². The van der Waals surface area contributed by atoms with Gasteiger partial charge in [0.05, 0.1) is 10.9 Å². The van der Waals surface area contributed by atoms with E-state index in [9.17, 15) is 9.28 Å². The minimum absolute atomic E-state index is 0.248. The van der Waals surface area contributed by atoms with E-state index >= 15 is 0 Å². The average molecular weight is 164 g/mol. The van der Waals surface area contributed by atoms with Crippen LogP contribution in [0.15, 0.2) is 35.4 Å². The van der Waals surface area contributed by atoms with Gasteiger partial charge in [0.2, 0.25) is 0 Å². The number of benzene rings is 1. The summed E-state index contributed by atoms with van der Waals surface area (Å²) in [5.74, 6) is 0. The fourth-order valence-electron chi connectivity index (χ4n) is 1.08. The molecule has 3 nitrogen and oxygen atoms in total. The zero-order valence-corrected chi connectivity index (χ0v) is 6.07. The summed E-state index contributed by atoms with van der Waals surface area (Å²) >= 11 is 0. The molecule has 0 aliphatic carbocycles. The van der Waals surface area contributed by atoms with Gasteiger partial charge < -0.3 is 0 Å². The van der Waals surface area contributed by atoms with Crippen molar-refractivity contribution in [3.8, 4) is 0 Å². The van der Waals surface area contributed by atoms with E-state index < -0.39 is 5.56 Å². The molecule has 12 heavy (non-hydrogen) atoms. The van der Waals surface area contributed by atoms with Crippen LogP contribution in [-0.2, 0) is 0 Å². The highest BCUT2D eigenvalue weighted by atomic mass is 19.2. The van der Waals surface area contributed by atoms with Crippen LogP contribution in [0.25, 0.3) is 10.9 Å². The van der Waals surface area contributed by atoms with E-state index in [1.807, 2.05) is 0 Å². The Bertz CT molecular complexity index is 478. The maximum atomic E-state index is 12.9. The minimum Gasteiger partial charge on any atom is -0.267 e. The summed E-state index contributed by atoms with van der Waals surface area (Å²) in [6, 6.07) is 6.41. The Morgan fingerprint density at radius 3 is 2.83 bits per heavy atom. The monoisotopic (exact) mass is 164 g/mol. The third kappa shape index (κ3) is 0.887. The molecule has 0 N–H and O–H groups in total. The van der Waals surface area contributed by atoms with Gasteiger partial charge in [-0.2, -0.15) is 9.77 Å². The summed E-state index contributed by atoms with van der Waals surface area (Å²) < 4.78 is 12.9. The molecule has 0 amide bonds. The van der Waals surface area contributed by atoms with Crippen LogP contribution >= 0.6 is 0 Å². The molecular weight excluding hydrogens is 159 g/mol. The molecule has 0 aliphatic heterocycles. The van der Waals surface area contributed by atoms with Crippen molar-refractivity contribution < 1.29 is 4.48 Å². The van der Waals surface area contributed by atoms with Crippen LogP contribution in [0.4, 0.5) is 4.48 Å². The fourth-order valence-corrected chi connectivity index (χ4v) is 1.08. The minimum atomic E-state index is -0.403. The van der Waals surface area contributed by atoms with E-state index in [2.05, 4.69) is 4.98 Å². The lowest BCUT2D eigenvalue weighted by Crippen LogP contribution is -2.08. The summed E-state index contributed by atoms with van der Waals surface area (Å²) in [5.41, 5.74) is -0.156. The normalized spacial score (nSPS) is 10.4. The van der Waals surface area contributed by atoms with Crippen molar-refractivity contribution in [3.05, 3.63) is 40.9 Å². The van der Waals surface area contributed by atoms with Crippen molar-refractivity contribution >= 4 is 10.9 Å². The van der Waals surface area contributed by atoms with E-state index in [1.54, 1.807) is 18.2 Å². The number of aromatic nitrogens is 2. The molecule has 4 heteroatoms. The zero-order chi connectivity index (χ0) is 8.55. The second-order valence-electron chi connectivity index (χ2n) is 2.38. The third-order valence-corrected chi connectivity index (χ3v) is 1.64. The van der Waals surface area contributed by atoms with Crippen molar-refractivity contribution in [1.82, 2.24) is 9.77 Å². The van der Waals surface area contributed by atoms with Gasteiger partial charge in [0, 0.05) is 0 Å². The third-order valence-electron chi connectivity index (χ3n) is 1.64. The smallest absolute Gasteiger partial charge is 0.267 e. The summed E-state index contributed by atoms with van der Waals surface area (Å²) in [7, 11) is 0. The van der Waals surface area contributed by atoms with Crippen LogP contribution in [0.3, 0.4) is 0 Å². The summed E-state index contributed by atoms with van der Waals surface area (Å²) in [6.45, 7) is 0. The molecule has 0 bridgehead atoms. The highest BCUT2D eigenvalue weighted by Gasteiger charge is 2.00. The molecule has 0 atom stereocenters. The van der Waals surface area contributed by atoms with Gasteiger partial charge in [-0.25, -0.2) is 0 Å². The first-order chi connectivity index (χ1) is 5.79. The van der Waals surface area contributed by atoms with Crippen LogP contribution in [0, 0.1) is 0 Å². The number of nitrogens with zero attached hydrogens (tertiary/aromatic N) is 2. The van der Waals surface area contributed by atoms with Crippen molar-refractivity contribution in [2.75, 3.05) is 0 Å². The maximum absolute atomic E-state index is 12.9. The quantitative estimate of drug-likeness (QED) is 0.585. The first-order valence-corrected chi connectivity index (χ1v) is 3.41. The topological polar surface area (TPSA) is 34.9 Å². The van der Waals surface area contributed by atoms with Crippen LogP contribution in [0.2, 0.25) is 0 Å². The predicted octanol–water partition coefficient (Wildman–Crippen LogP) is 1.13. The van der Waals surface area contributed by atoms with E-state index in [0.29, 0.717) is 10.2 Å². The van der Waals surface area contributed by atoms with Gasteiger partial charge in [-0.1, -0.05) is 16.6 Å². The molecule has 0 spiro atoms. The Morgan fingerprint density at radius 1 is 1.33 bits per heavy atom. The summed E-state index contributed by atoms with van der Waals surface area (Å²) in [6.07, 6.45) is 0.866. The maximum Gasteiger partial charge on any atom is 0.280 e. The summed E-state index contributed by atoms with van der Waals surface area (Å²) in [5, 5.41) is 0.294. The molecule has 0 radical (unpaired) electrons. The molecule has 2 aromatic rings. The lowest BCUT2D eigenvalue weighted by Gasteiger charge is -1.97. The van der Waals surface area contributed by atoms with Gasteiger partial charge in [-0.05, 0) is 12.1 Å². The van der Waals surface area contributed by atoms with E-state index in [-0.39, 0.29) is 5.52 Å². The molecule has 1 aromatic carbocycles. The molecule has 60 valence electrons. The van der Waals surface area contributed by atoms with Gasteiger partial charge in [-0.15, -0.1) is 0 Å². The predicted molar refractivity (Wildman–Crippen MR) is 42.5 cm³/mol. The Labute approximate surface area is 67.0 Å². The van der Waals surface area contributed by atoms with Gasteiger partial charge >= 0.3 is 0 Å². The molecule has 0 unspecified atom stereocenters. The second-order valence-corrected chi connectivity index (χ2v) is 2.38. The first-order valence-electron chi connectivity index (χ1n) is 3.41. The van der Waals surface area contributed by atoms with Crippen molar-refractivity contribution in [1.29, 1.82) is 0 Å². The first kappa shape index (κ1) is 6.97. The van der Waals surface area contributed by atoms with Gasteiger partial charge in [-0.3, -0.25) is 4.79 Å². The highest BCUT2D eigenvalue weighted by Crippen LogP contribution is 2.07. The zero-order valence-electron chi connectivity index (χ0n) is 6.07. The molecular formula is C8H5FN2O. The Kier molecular flexibility index (Phi) is 1.40. The van der Waals surface area contributed by atoms with E-state index in [1.165, 1.54) is 6.07 Å². The SMILES string of the molecule is O=c1ncn(F)c2ccccc12. The van der Waals surface area contributed by atoms with Crippen LogP contribution in [-0.4, -0.2) is 9.77 Å². The molecule has 0 saturated carbocycles. The van der Waals surface area contributed by atoms with Crippen LogP contribution in [0.1, 0.15) is 0 Å². The molecule has 1 heterocycles. The van der Waals surface area contributed by atoms with E-state index in [0.717, 1.165) is 6.33 Å². The van der Waals surface area contributed by atoms with Crippen LogP contribution < -0.4 is 5.56 Å². The molecule has 0 fully saturated rings. The number of hydrogen-bond donors (Lipinski definition) is 0. The number of rotatable bonds is 0. The molecule has 1 aromatic heterocycles.